The van der Waals surface area contributed by atoms with Crippen molar-refractivity contribution in [3.8, 4) is 11.5 Å². The normalized spacial score (nSPS) is 10.1. The number of pyridine rings is 1. The molecule has 0 atom stereocenters. The van der Waals surface area contributed by atoms with Crippen LogP contribution in [0.2, 0.25) is 0 Å². The van der Waals surface area contributed by atoms with E-state index in [-0.39, 0.29) is 5.75 Å². The number of ether oxygens (including phenoxy) is 1. The zero-order chi connectivity index (χ0) is 11.5. The van der Waals surface area contributed by atoms with Crippen LogP contribution in [0.1, 0.15) is 5.69 Å². The fourth-order valence-corrected chi connectivity index (χ4v) is 1.31. The lowest BCUT2D eigenvalue weighted by molar-refractivity contribution is 0.441. The van der Waals surface area contributed by atoms with Crippen molar-refractivity contribution in [2.45, 2.75) is 6.92 Å². The summed E-state index contributed by atoms with van der Waals surface area (Å²) in [5.74, 6) is 0.227. The molecule has 0 unspecified atom stereocenters. The van der Waals surface area contributed by atoms with Gasteiger partial charge in [0.15, 0.2) is 11.6 Å². The Bertz CT molecular complexity index is 514. The van der Waals surface area contributed by atoms with Crippen LogP contribution in [0.5, 0.6) is 11.5 Å². The lowest BCUT2D eigenvalue weighted by atomic mass is 10.3. The van der Waals surface area contributed by atoms with Crippen LogP contribution >= 0.6 is 0 Å². The Kier molecular flexibility index (Phi) is 2.72. The van der Waals surface area contributed by atoms with Crippen LogP contribution in [0.15, 0.2) is 36.5 Å². The molecule has 2 N–H and O–H groups in total. The van der Waals surface area contributed by atoms with E-state index in [4.69, 9.17) is 10.5 Å². The summed E-state index contributed by atoms with van der Waals surface area (Å²) in [4.78, 5) is 4.02. The molecule has 0 aliphatic rings. The van der Waals surface area contributed by atoms with Crippen LogP contribution in [0, 0.1) is 12.7 Å². The average molecular weight is 218 g/mol. The van der Waals surface area contributed by atoms with Gasteiger partial charge in [0.05, 0.1) is 0 Å². The molecule has 1 aromatic carbocycles. The maximum atomic E-state index is 13.4. The van der Waals surface area contributed by atoms with E-state index >= 15 is 0 Å². The molecular weight excluding hydrogens is 207 g/mol. The lowest BCUT2D eigenvalue weighted by Crippen LogP contribution is -1.92. The molecule has 0 aliphatic carbocycles. The van der Waals surface area contributed by atoms with Crippen molar-refractivity contribution in [3.05, 3.63) is 48.0 Å². The molecule has 0 amide bonds. The van der Waals surface area contributed by atoms with E-state index in [0.717, 1.165) is 5.69 Å². The van der Waals surface area contributed by atoms with Crippen LogP contribution in [-0.2, 0) is 0 Å². The summed E-state index contributed by atoms with van der Waals surface area (Å²) >= 11 is 0. The first-order valence-electron chi connectivity index (χ1n) is 4.81. The Morgan fingerprint density at radius 1 is 1.25 bits per heavy atom. The number of benzene rings is 1. The van der Waals surface area contributed by atoms with Gasteiger partial charge in [-0.3, -0.25) is 4.98 Å². The van der Waals surface area contributed by atoms with Gasteiger partial charge in [0.2, 0.25) is 0 Å². The van der Waals surface area contributed by atoms with Gasteiger partial charge in [0, 0.05) is 29.7 Å². The topological polar surface area (TPSA) is 48.1 Å². The van der Waals surface area contributed by atoms with E-state index in [2.05, 4.69) is 4.98 Å². The monoisotopic (exact) mass is 218 g/mol. The molecule has 3 nitrogen and oxygen atoms in total. The van der Waals surface area contributed by atoms with Crippen LogP contribution in [0.25, 0.3) is 0 Å². The number of halogens is 1. The largest absolute Gasteiger partial charge is 0.454 e. The molecule has 16 heavy (non-hydrogen) atoms. The predicted molar refractivity (Wildman–Crippen MR) is 59.9 cm³/mol. The number of hydrogen-bond acceptors (Lipinski definition) is 3. The smallest absolute Gasteiger partial charge is 0.167 e. The van der Waals surface area contributed by atoms with E-state index in [9.17, 15) is 4.39 Å². The lowest BCUT2D eigenvalue weighted by Gasteiger charge is -2.07. The molecule has 0 fully saturated rings. The summed E-state index contributed by atoms with van der Waals surface area (Å²) in [7, 11) is 0. The zero-order valence-electron chi connectivity index (χ0n) is 8.77. The third-order valence-electron chi connectivity index (χ3n) is 2.05. The second-order valence-corrected chi connectivity index (χ2v) is 3.42. The summed E-state index contributed by atoms with van der Waals surface area (Å²) < 4.78 is 18.8. The van der Waals surface area contributed by atoms with Crippen molar-refractivity contribution in [1.29, 1.82) is 0 Å². The van der Waals surface area contributed by atoms with Crippen LogP contribution in [-0.4, -0.2) is 4.98 Å². The van der Waals surface area contributed by atoms with Gasteiger partial charge in [-0.15, -0.1) is 0 Å². The maximum Gasteiger partial charge on any atom is 0.167 e. The summed E-state index contributed by atoms with van der Waals surface area (Å²) in [6.45, 7) is 1.84. The second-order valence-electron chi connectivity index (χ2n) is 3.42. The fraction of sp³-hybridized carbons (Fsp3) is 0.0833. The average Bonchev–Trinajstić information content (AvgIpc) is 2.22. The molecule has 0 radical (unpaired) electrons. The number of aromatic nitrogens is 1. The van der Waals surface area contributed by atoms with Crippen molar-refractivity contribution in [2.75, 3.05) is 5.73 Å². The molecule has 1 heterocycles. The first-order chi connectivity index (χ1) is 7.65. The number of rotatable bonds is 2. The number of anilines is 1. The molecule has 0 bridgehead atoms. The molecule has 2 rings (SSSR count). The Hall–Kier alpha value is -2.10. The van der Waals surface area contributed by atoms with Crippen LogP contribution in [0.3, 0.4) is 0 Å². The van der Waals surface area contributed by atoms with Gasteiger partial charge in [-0.25, -0.2) is 4.39 Å². The van der Waals surface area contributed by atoms with Crippen molar-refractivity contribution in [2.24, 2.45) is 0 Å². The van der Waals surface area contributed by atoms with Crippen molar-refractivity contribution in [1.82, 2.24) is 4.98 Å². The molecule has 0 aliphatic heterocycles. The summed E-state index contributed by atoms with van der Waals surface area (Å²) in [6.07, 6.45) is 1.61. The van der Waals surface area contributed by atoms with Gasteiger partial charge in [-0.2, -0.15) is 0 Å². The van der Waals surface area contributed by atoms with Crippen molar-refractivity contribution < 1.29 is 9.13 Å². The standard InChI is InChI=1S/C12H11FN2O/c1-8-6-10(4-5-15-8)16-12-3-2-9(14)7-11(12)13/h2-7H,14H2,1H3. The molecule has 0 saturated carbocycles. The van der Waals surface area contributed by atoms with E-state index in [1.807, 2.05) is 6.92 Å². The molecule has 1 aromatic heterocycles. The molecule has 82 valence electrons. The number of nitrogen functional groups attached to an aromatic ring is 1. The second kappa shape index (κ2) is 4.18. The minimum atomic E-state index is -0.477. The maximum absolute atomic E-state index is 13.4. The highest BCUT2D eigenvalue weighted by atomic mass is 19.1. The molecule has 0 saturated heterocycles. The summed E-state index contributed by atoms with van der Waals surface area (Å²) in [5.41, 5.74) is 6.62. The van der Waals surface area contributed by atoms with Gasteiger partial charge in [0.25, 0.3) is 0 Å². The third-order valence-corrected chi connectivity index (χ3v) is 2.05. The van der Waals surface area contributed by atoms with Crippen LogP contribution < -0.4 is 10.5 Å². The molecule has 0 spiro atoms. The van der Waals surface area contributed by atoms with Gasteiger partial charge >= 0.3 is 0 Å². The quantitative estimate of drug-likeness (QED) is 0.788. The number of hydrogen-bond donors (Lipinski definition) is 1. The number of nitrogens with zero attached hydrogens (tertiary/aromatic N) is 1. The van der Waals surface area contributed by atoms with E-state index < -0.39 is 5.82 Å². The number of nitrogens with two attached hydrogens (primary N) is 1. The predicted octanol–water partition coefficient (Wildman–Crippen LogP) is 2.90. The first-order valence-corrected chi connectivity index (χ1v) is 4.81. The Morgan fingerprint density at radius 2 is 2.06 bits per heavy atom. The highest BCUT2D eigenvalue weighted by Crippen LogP contribution is 2.25. The van der Waals surface area contributed by atoms with Gasteiger partial charge in [0.1, 0.15) is 5.75 Å². The molecular formula is C12H11FN2O. The Balaban J connectivity index is 2.27. The Morgan fingerprint density at radius 3 is 2.75 bits per heavy atom. The van der Waals surface area contributed by atoms with Crippen molar-refractivity contribution in [3.63, 3.8) is 0 Å². The summed E-state index contributed by atoms with van der Waals surface area (Å²) in [5, 5.41) is 0. The third kappa shape index (κ3) is 2.28. The fourth-order valence-electron chi connectivity index (χ4n) is 1.31. The minimum Gasteiger partial charge on any atom is -0.454 e. The Labute approximate surface area is 92.7 Å². The SMILES string of the molecule is Cc1cc(Oc2ccc(N)cc2F)ccn1. The molecule has 2 aromatic rings. The van der Waals surface area contributed by atoms with E-state index in [0.29, 0.717) is 11.4 Å². The van der Waals surface area contributed by atoms with Gasteiger partial charge < -0.3 is 10.5 Å². The van der Waals surface area contributed by atoms with Gasteiger partial charge in [-0.05, 0) is 25.1 Å². The molecule has 4 heteroatoms. The summed E-state index contributed by atoms with van der Waals surface area (Å²) in [6, 6.07) is 7.72. The first kappa shape index (κ1) is 10.4. The van der Waals surface area contributed by atoms with Gasteiger partial charge in [-0.1, -0.05) is 0 Å². The minimum absolute atomic E-state index is 0.153. The highest BCUT2D eigenvalue weighted by molar-refractivity contribution is 5.44. The number of aryl methyl sites for hydroxylation is 1. The zero-order valence-corrected chi connectivity index (χ0v) is 8.77. The highest BCUT2D eigenvalue weighted by Gasteiger charge is 2.05. The van der Waals surface area contributed by atoms with Crippen LogP contribution in [0.4, 0.5) is 10.1 Å². The van der Waals surface area contributed by atoms with E-state index in [1.54, 1.807) is 24.4 Å². The van der Waals surface area contributed by atoms with Crippen molar-refractivity contribution >= 4 is 5.69 Å². The van der Waals surface area contributed by atoms with E-state index in [1.165, 1.54) is 12.1 Å².